The normalized spacial score (nSPS) is 15.4. The van der Waals surface area contributed by atoms with E-state index in [2.05, 4.69) is 28.0 Å². The Kier molecular flexibility index (Phi) is 4.90. The molecule has 6 heteroatoms. The summed E-state index contributed by atoms with van der Waals surface area (Å²) < 4.78 is 5.17. The van der Waals surface area contributed by atoms with Crippen molar-refractivity contribution in [2.75, 3.05) is 26.2 Å². The topological polar surface area (TPSA) is 62.5 Å². The average molecular weight is 364 g/mol. The first-order valence-corrected chi connectivity index (χ1v) is 9.45. The molecule has 0 unspecified atom stereocenters. The summed E-state index contributed by atoms with van der Waals surface area (Å²) in [6, 6.07) is 10.1. The number of piperazine rings is 1. The molecule has 1 amide bonds. The molecule has 0 saturated carbocycles. The van der Waals surface area contributed by atoms with Gasteiger partial charge in [-0.2, -0.15) is 0 Å². The number of hydrogen-bond donors (Lipinski definition) is 0. The first-order chi connectivity index (χ1) is 13.1. The zero-order valence-corrected chi connectivity index (χ0v) is 15.8. The SMILES string of the molecule is CCc1ccc(C(=O)N2CCN(Cc3cnc4onc(C)c4c3)CC2)cc1. The molecule has 3 heterocycles. The van der Waals surface area contributed by atoms with E-state index >= 15 is 0 Å². The molecule has 0 radical (unpaired) electrons. The van der Waals surface area contributed by atoms with Crippen molar-refractivity contribution in [1.82, 2.24) is 19.9 Å². The van der Waals surface area contributed by atoms with Crippen molar-refractivity contribution in [2.24, 2.45) is 0 Å². The molecule has 1 saturated heterocycles. The molecule has 1 aromatic carbocycles. The zero-order chi connectivity index (χ0) is 18.8. The molecule has 2 aromatic heterocycles. The summed E-state index contributed by atoms with van der Waals surface area (Å²) in [4.78, 5) is 21.3. The molecule has 6 nitrogen and oxygen atoms in total. The summed E-state index contributed by atoms with van der Waals surface area (Å²) in [5.74, 6) is 0.125. The standard InChI is InChI=1S/C21H24N4O2/c1-3-16-4-6-18(7-5-16)21(26)25-10-8-24(9-11-25)14-17-12-19-15(2)23-27-20(19)22-13-17/h4-7,12-13H,3,8-11,14H2,1-2H3. The van der Waals surface area contributed by atoms with Gasteiger partial charge in [-0.1, -0.05) is 24.2 Å². The Morgan fingerprint density at radius 3 is 2.56 bits per heavy atom. The molecule has 4 rings (SSSR count). The molecule has 1 fully saturated rings. The molecule has 140 valence electrons. The van der Waals surface area contributed by atoms with Crippen LogP contribution in [0.2, 0.25) is 0 Å². The Bertz CT molecular complexity index is 940. The highest BCUT2D eigenvalue weighted by atomic mass is 16.5. The van der Waals surface area contributed by atoms with Crippen LogP contribution < -0.4 is 0 Å². The summed E-state index contributed by atoms with van der Waals surface area (Å²) in [7, 11) is 0. The van der Waals surface area contributed by atoms with E-state index in [1.54, 1.807) is 0 Å². The average Bonchev–Trinajstić information content (AvgIpc) is 3.08. The van der Waals surface area contributed by atoms with Crippen molar-refractivity contribution in [2.45, 2.75) is 26.8 Å². The van der Waals surface area contributed by atoms with Gasteiger partial charge in [0.05, 0.1) is 11.1 Å². The van der Waals surface area contributed by atoms with E-state index in [9.17, 15) is 4.79 Å². The second-order valence-corrected chi connectivity index (χ2v) is 7.08. The van der Waals surface area contributed by atoms with Gasteiger partial charge in [0.2, 0.25) is 0 Å². The second-order valence-electron chi connectivity index (χ2n) is 7.08. The maximum atomic E-state index is 12.7. The van der Waals surface area contributed by atoms with Gasteiger partial charge in [-0.15, -0.1) is 0 Å². The summed E-state index contributed by atoms with van der Waals surface area (Å²) in [5, 5.41) is 4.93. The Balaban J connectivity index is 1.36. The number of carbonyl (C=O) groups is 1. The van der Waals surface area contributed by atoms with Crippen molar-refractivity contribution in [3.8, 4) is 0 Å². The van der Waals surface area contributed by atoms with Crippen LogP contribution in [0.1, 0.15) is 34.1 Å². The molecule has 0 aliphatic carbocycles. The van der Waals surface area contributed by atoms with E-state index in [1.165, 1.54) is 5.56 Å². The molecule has 1 aliphatic heterocycles. The third-order valence-corrected chi connectivity index (χ3v) is 5.24. The molecular formula is C21H24N4O2. The molecule has 0 bridgehead atoms. The number of hydrogen-bond acceptors (Lipinski definition) is 5. The highest BCUT2D eigenvalue weighted by Crippen LogP contribution is 2.18. The van der Waals surface area contributed by atoms with Crippen LogP contribution in [0.5, 0.6) is 0 Å². The molecular weight excluding hydrogens is 340 g/mol. The van der Waals surface area contributed by atoms with Crippen LogP contribution in [0.25, 0.3) is 11.1 Å². The summed E-state index contributed by atoms with van der Waals surface area (Å²) in [5.41, 5.74) is 4.62. The van der Waals surface area contributed by atoms with Gasteiger partial charge >= 0.3 is 0 Å². The summed E-state index contributed by atoms with van der Waals surface area (Å²) >= 11 is 0. The fourth-order valence-electron chi connectivity index (χ4n) is 3.51. The highest BCUT2D eigenvalue weighted by molar-refractivity contribution is 5.94. The lowest BCUT2D eigenvalue weighted by Gasteiger charge is -2.34. The van der Waals surface area contributed by atoms with Gasteiger partial charge in [0, 0.05) is 44.5 Å². The van der Waals surface area contributed by atoms with Gasteiger partial charge < -0.3 is 9.42 Å². The van der Waals surface area contributed by atoms with Crippen LogP contribution in [0.3, 0.4) is 0 Å². The quantitative estimate of drug-likeness (QED) is 0.712. The smallest absolute Gasteiger partial charge is 0.257 e. The Morgan fingerprint density at radius 2 is 1.85 bits per heavy atom. The van der Waals surface area contributed by atoms with Gasteiger partial charge in [-0.05, 0) is 42.7 Å². The Labute approximate surface area is 158 Å². The predicted molar refractivity (Wildman–Crippen MR) is 104 cm³/mol. The van der Waals surface area contributed by atoms with E-state index in [-0.39, 0.29) is 5.91 Å². The minimum Gasteiger partial charge on any atom is -0.336 e. The number of amides is 1. The van der Waals surface area contributed by atoms with Gasteiger partial charge in [0.1, 0.15) is 0 Å². The number of nitrogens with zero attached hydrogens (tertiary/aromatic N) is 4. The van der Waals surface area contributed by atoms with Crippen LogP contribution in [-0.2, 0) is 13.0 Å². The lowest BCUT2D eigenvalue weighted by Crippen LogP contribution is -2.48. The minimum atomic E-state index is 0.125. The van der Waals surface area contributed by atoms with Crippen molar-refractivity contribution in [3.63, 3.8) is 0 Å². The molecule has 0 spiro atoms. The van der Waals surface area contributed by atoms with Crippen LogP contribution in [0.4, 0.5) is 0 Å². The monoisotopic (exact) mass is 364 g/mol. The van der Waals surface area contributed by atoms with Crippen molar-refractivity contribution in [1.29, 1.82) is 0 Å². The first-order valence-electron chi connectivity index (χ1n) is 9.45. The molecule has 3 aromatic rings. The van der Waals surface area contributed by atoms with Gasteiger partial charge in [0.15, 0.2) is 0 Å². The zero-order valence-electron chi connectivity index (χ0n) is 15.8. The predicted octanol–water partition coefficient (Wildman–Crippen LogP) is 3.05. The van der Waals surface area contributed by atoms with Crippen molar-refractivity contribution in [3.05, 3.63) is 58.9 Å². The second kappa shape index (κ2) is 7.48. The molecule has 27 heavy (non-hydrogen) atoms. The molecule has 0 N–H and O–H groups in total. The van der Waals surface area contributed by atoms with E-state index in [0.717, 1.165) is 61.4 Å². The van der Waals surface area contributed by atoms with Gasteiger partial charge in [0.25, 0.3) is 11.6 Å². The Hall–Kier alpha value is -2.73. The van der Waals surface area contributed by atoms with E-state index < -0.39 is 0 Å². The highest BCUT2D eigenvalue weighted by Gasteiger charge is 2.22. The van der Waals surface area contributed by atoms with Crippen LogP contribution in [0, 0.1) is 6.92 Å². The lowest BCUT2D eigenvalue weighted by atomic mass is 10.1. The third kappa shape index (κ3) is 3.71. The first kappa shape index (κ1) is 17.7. The van der Waals surface area contributed by atoms with Gasteiger partial charge in [-0.25, -0.2) is 4.98 Å². The van der Waals surface area contributed by atoms with Crippen molar-refractivity contribution >= 4 is 17.0 Å². The number of pyridine rings is 1. The maximum Gasteiger partial charge on any atom is 0.257 e. The number of aryl methyl sites for hydroxylation is 2. The van der Waals surface area contributed by atoms with Crippen LogP contribution in [0.15, 0.2) is 41.1 Å². The largest absolute Gasteiger partial charge is 0.336 e. The summed E-state index contributed by atoms with van der Waals surface area (Å²) in [6.07, 6.45) is 2.84. The fourth-order valence-corrected chi connectivity index (χ4v) is 3.51. The number of fused-ring (bicyclic) bond motifs is 1. The minimum absolute atomic E-state index is 0.125. The lowest BCUT2D eigenvalue weighted by molar-refractivity contribution is 0.0628. The summed E-state index contributed by atoms with van der Waals surface area (Å²) in [6.45, 7) is 8.08. The van der Waals surface area contributed by atoms with E-state index in [0.29, 0.717) is 5.71 Å². The van der Waals surface area contributed by atoms with Crippen molar-refractivity contribution < 1.29 is 9.32 Å². The number of aromatic nitrogens is 2. The van der Waals surface area contributed by atoms with Crippen LogP contribution >= 0.6 is 0 Å². The third-order valence-electron chi connectivity index (χ3n) is 5.24. The number of rotatable bonds is 4. The Morgan fingerprint density at radius 1 is 1.11 bits per heavy atom. The van der Waals surface area contributed by atoms with E-state index in [4.69, 9.17) is 4.52 Å². The van der Waals surface area contributed by atoms with Crippen LogP contribution in [-0.4, -0.2) is 52.0 Å². The maximum absolute atomic E-state index is 12.7. The molecule has 0 atom stereocenters. The fraction of sp³-hybridized carbons (Fsp3) is 0.381. The molecule has 1 aliphatic rings. The number of carbonyl (C=O) groups excluding carboxylic acids is 1. The number of benzene rings is 1. The van der Waals surface area contributed by atoms with E-state index in [1.807, 2.05) is 42.3 Å². The van der Waals surface area contributed by atoms with Gasteiger partial charge in [-0.3, -0.25) is 9.69 Å².